The average molecular weight is 394 g/mol. The molecule has 0 N–H and O–H groups in total. The van der Waals surface area contributed by atoms with Crippen LogP contribution in [-0.4, -0.2) is 74.9 Å². The van der Waals surface area contributed by atoms with Gasteiger partial charge in [0.05, 0.1) is 18.1 Å². The van der Waals surface area contributed by atoms with E-state index in [-0.39, 0.29) is 23.5 Å². The highest BCUT2D eigenvalue weighted by Crippen LogP contribution is 2.25. The quantitative estimate of drug-likeness (QED) is 0.706. The van der Waals surface area contributed by atoms with Crippen molar-refractivity contribution in [2.75, 3.05) is 49.6 Å². The van der Waals surface area contributed by atoms with Crippen LogP contribution in [0, 0.1) is 0 Å². The zero-order chi connectivity index (χ0) is 19.4. The number of hydrogen-bond acceptors (Lipinski definition) is 5. The monoisotopic (exact) mass is 393 g/mol. The van der Waals surface area contributed by atoms with Crippen LogP contribution in [0.3, 0.4) is 0 Å². The second kappa shape index (κ2) is 8.61. The van der Waals surface area contributed by atoms with Gasteiger partial charge in [0, 0.05) is 37.9 Å². The van der Waals surface area contributed by atoms with Gasteiger partial charge >= 0.3 is 0 Å². The summed E-state index contributed by atoms with van der Waals surface area (Å²) in [6, 6.07) is 8.25. The first kappa shape index (κ1) is 20.1. The molecule has 2 fully saturated rings. The van der Waals surface area contributed by atoms with Gasteiger partial charge in [0.15, 0.2) is 9.84 Å². The van der Waals surface area contributed by atoms with Gasteiger partial charge in [-0.25, -0.2) is 8.42 Å². The minimum Gasteiger partial charge on any atom is -0.371 e. The zero-order valence-corrected chi connectivity index (χ0v) is 17.2. The van der Waals surface area contributed by atoms with Gasteiger partial charge in [-0.15, -0.1) is 0 Å². The van der Waals surface area contributed by atoms with E-state index in [1.54, 1.807) is 4.90 Å². The Morgan fingerprint density at radius 3 is 2.56 bits per heavy atom. The van der Waals surface area contributed by atoms with E-state index in [2.05, 4.69) is 23.1 Å². The summed E-state index contributed by atoms with van der Waals surface area (Å²) in [6.45, 7) is 5.68. The van der Waals surface area contributed by atoms with Gasteiger partial charge in [-0.3, -0.25) is 9.69 Å². The van der Waals surface area contributed by atoms with Crippen molar-refractivity contribution in [3.8, 4) is 0 Å². The highest BCUT2D eigenvalue weighted by Gasteiger charge is 2.34. The highest BCUT2D eigenvalue weighted by molar-refractivity contribution is 7.91. The third-order valence-electron chi connectivity index (χ3n) is 5.59. The second-order valence-corrected chi connectivity index (χ2v) is 9.96. The van der Waals surface area contributed by atoms with Crippen LogP contribution in [0.5, 0.6) is 0 Å². The molecule has 3 rings (SSSR count). The molecule has 2 aliphatic rings. The van der Waals surface area contributed by atoms with Gasteiger partial charge in [-0.1, -0.05) is 18.2 Å². The number of para-hydroxylation sites is 1. The number of likely N-dealkylation sites (N-methyl/N-ethyl adjacent to an activating group) is 2. The van der Waals surface area contributed by atoms with Gasteiger partial charge in [-0.05, 0) is 44.9 Å². The molecule has 1 amide bonds. The average Bonchev–Trinajstić information content (AvgIpc) is 3.26. The molecule has 2 saturated heterocycles. The van der Waals surface area contributed by atoms with Crippen LogP contribution in [0.2, 0.25) is 0 Å². The fourth-order valence-corrected chi connectivity index (χ4v) is 5.97. The second-order valence-electron chi connectivity index (χ2n) is 7.73. The maximum atomic E-state index is 12.8. The third-order valence-corrected chi connectivity index (χ3v) is 7.34. The molecule has 0 radical (unpaired) electrons. The van der Waals surface area contributed by atoms with E-state index in [1.165, 1.54) is 24.1 Å². The molecule has 1 aromatic rings. The van der Waals surface area contributed by atoms with Crippen molar-refractivity contribution in [2.45, 2.75) is 38.8 Å². The van der Waals surface area contributed by atoms with E-state index in [0.29, 0.717) is 26.1 Å². The maximum Gasteiger partial charge on any atom is 0.237 e. The Bertz CT molecular complexity index is 759. The molecule has 2 heterocycles. The Kier molecular flexibility index (Phi) is 6.42. The van der Waals surface area contributed by atoms with Gasteiger partial charge < -0.3 is 9.80 Å². The number of anilines is 1. The van der Waals surface area contributed by atoms with Gasteiger partial charge in [0.25, 0.3) is 0 Å². The number of nitrogens with zero attached hydrogens (tertiary/aromatic N) is 3. The van der Waals surface area contributed by atoms with Crippen LogP contribution in [0.25, 0.3) is 0 Å². The number of rotatable bonds is 7. The first-order valence-corrected chi connectivity index (χ1v) is 11.7. The SMILES string of the molecule is CCN(C(=O)CN(C)Cc1ccccc1N1CCCC1)C1CCS(=O)(=O)C1. The molecule has 0 spiro atoms. The maximum absolute atomic E-state index is 12.8. The fraction of sp³-hybridized carbons (Fsp3) is 0.650. The zero-order valence-electron chi connectivity index (χ0n) is 16.4. The summed E-state index contributed by atoms with van der Waals surface area (Å²) < 4.78 is 23.5. The summed E-state index contributed by atoms with van der Waals surface area (Å²) in [6.07, 6.45) is 3.03. The molecule has 0 bridgehead atoms. The van der Waals surface area contributed by atoms with Gasteiger partial charge in [-0.2, -0.15) is 0 Å². The van der Waals surface area contributed by atoms with Crippen molar-refractivity contribution in [2.24, 2.45) is 0 Å². The van der Waals surface area contributed by atoms with Crippen LogP contribution in [-0.2, 0) is 21.2 Å². The molecule has 1 atom stereocenters. The number of carbonyl (C=O) groups excluding carboxylic acids is 1. The largest absolute Gasteiger partial charge is 0.371 e. The van der Waals surface area contributed by atoms with E-state index < -0.39 is 9.84 Å². The minimum absolute atomic E-state index is 0.0146. The van der Waals surface area contributed by atoms with Crippen molar-refractivity contribution in [1.29, 1.82) is 0 Å². The van der Waals surface area contributed by atoms with Crippen molar-refractivity contribution < 1.29 is 13.2 Å². The standard InChI is InChI=1S/C20H31N3O3S/c1-3-23(18-10-13-27(25,26)16-18)20(24)15-21(2)14-17-8-4-5-9-19(17)22-11-6-7-12-22/h4-5,8-9,18H,3,6-7,10-16H2,1-2H3. The smallest absolute Gasteiger partial charge is 0.237 e. The van der Waals surface area contributed by atoms with Crippen LogP contribution in [0.15, 0.2) is 24.3 Å². The van der Waals surface area contributed by atoms with Gasteiger partial charge in [0.1, 0.15) is 0 Å². The summed E-state index contributed by atoms with van der Waals surface area (Å²) in [4.78, 5) is 19.0. The molecule has 27 heavy (non-hydrogen) atoms. The fourth-order valence-electron chi connectivity index (χ4n) is 4.24. The van der Waals surface area contributed by atoms with Crippen LogP contribution in [0.4, 0.5) is 5.69 Å². The lowest BCUT2D eigenvalue weighted by molar-refractivity contribution is -0.133. The number of sulfone groups is 1. The number of amides is 1. The van der Waals surface area contributed by atoms with E-state index in [4.69, 9.17) is 0 Å². The Balaban J connectivity index is 1.62. The molecule has 1 unspecified atom stereocenters. The molecule has 6 nitrogen and oxygen atoms in total. The van der Waals surface area contributed by atoms with Crippen LogP contribution in [0.1, 0.15) is 31.7 Å². The van der Waals surface area contributed by atoms with E-state index in [1.807, 2.05) is 24.9 Å². The van der Waals surface area contributed by atoms with Crippen molar-refractivity contribution in [3.05, 3.63) is 29.8 Å². The molecule has 0 aromatic heterocycles. The van der Waals surface area contributed by atoms with E-state index in [9.17, 15) is 13.2 Å². The summed E-state index contributed by atoms with van der Waals surface area (Å²) in [5, 5.41) is 0. The highest BCUT2D eigenvalue weighted by atomic mass is 32.2. The first-order valence-electron chi connectivity index (χ1n) is 9.91. The minimum atomic E-state index is -2.99. The summed E-state index contributed by atoms with van der Waals surface area (Å²) in [5.74, 6) is 0.315. The van der Waals surface area contributed by atoms with Crippen LogP contribution >= 0.6 is 0 Å². The number of hydrogen-bond donors (Lipinski definition) is 0. The summed E-state index contributed by atoms with van der Waals surface area (Å²) in [5.41, 5.74) is 2.50. The molecule has 0 saturated carbocycles. The predicted octanol–water partition coefficient (Wildman–Crippen LogP) is 1.75. The van der Waals surface area contributed by atoms with Crippen molar-refractivity contribution in [1.82, 2.24) is 9.80 Å². The number of carbonyl (C=O) groups is 1. The Morgan fingerprint density at radius 1 is 1.22 bits per heavy atom. The Hall–Kier alpha value is -1.60. The summed E-state index contributed by atoms with van der Waals surface area (Å²) in [7, 11) is -1.03. The normalized spacial score (nSPS) is 21.7. The molecule has 2 aliphatic heterocycles. The number of benzene rings is 1. The molecule has 150 valence electrons. The first-order chi connectivity index (χ1) is 12.9. The molecule has 0 aliphatic carbocycles. The Labute approximate surface area is 163 Å². The lowest BCUT2D eigenvalue weighted by Gasteiger charge is -2.29. The van der Waals surface area contributed by atoms with Crippen LogP contribution < -0.4 is 4.90 Å². The van der Waals surface area contributed by atoms with Crippen molar-refractivity contribution in [3.63, 3.8) is 0 Å². The predicted molar refractivity (Wildman–Crippen MR) is 109 cm³/mol. The Morgan fingerprint density at radius 2 is 1.93 bits per heavy atom. The lowest BCUT2D eigenvalue weighted by atomic mass is 10.1. The summed E-state index contributed by atoms with van der Waals surface area (Å²) >= 11 is 0. The van der Waals surface area contributed by atoms with Crippen molar-refractivity contribution >= 4 is 21.4 Å². The topological polar surface area (TPSA) is 60.9 Å². The lowest BCUT2D eigenvalue weighted by Crippen LogP contribution is -2.45. The van der Waals surface area contributed by atoms with Gasteiger partial charge in [0.2, 0.25) is 5.91 Å². The van der Waals surface area contributed by atoms with E-state index in [0.717, 1.165) is 13.1 Å². The molecule has 7 heteroatoms. The molecular weight excluding hydrogens is 362 g/mol. The molecule has 1 aromatic carbocycles. The third kappa shape index (κ3) is 5.02. The van der Waals surface area contributed by atoms with E-state index >= 15 is 0 Å². The molecular formula is C20H31N3O3S.